The number of aryl methyl sites for hydroxylation is 1. The van der Waals surface area contributed by atoms with Crippen molar-refractivity contribution in [2.24, 2.45) is 0 Å². The summed E-state index contributed by atoms with van der Waals surface area (Å²) >= 11 is 0. The van der Waals surface area contributed by atoms with Crippen LogP contribution in [0.25, 0.3) is 10.9 Å². The lowest BCUT2D eigenvalue weighted by Gasteiger charge is -2.15. The van der Waals surface area contributed by atoms with Crippen LogP contribution in [0.2, 0.25) is 0 Å². The SMILES string of the molecule is Cc1nc2ccncc2cc1C(=O)Nc1ccccc1OC(C)C. The summed E-state index contributed by atoms with van der Waals surface area (Å²) in [6, 6.07) is 11.0. The van der Waals surface area contributed by atoms with Gasteiger partial charge in [0.2, 0.25) is 0 Å². The fourth-order valence-corrected chi connectivity index (χ4v) is 2.46. The Bertz CT molecular complexity index is 891. The van der Waals surface area contributed by atoms with Crippen molar-refractivity contribution in [3.63, 3.8) is 0 Å². The van der Waals surface area contributed by atoms with Crippen molar-refractivity contribution in [2.45, 2.75) is 26.9 Å². The standard InChI is InChI=1S/C19H19N3O2/c1-12(2)24-18-7-5-4-6-17(18)22-19(23)15-10-14-11-20-9-8-16(14)21-13(15)3/h4-12H,1-3H3,(H,22,23). The Morgan fingerprint density at radius 1 is 1.21 bits per heavy atom. The third-order valence-electron chi connectivity index (χ3n) is 3.55. The second kappa shape index (κ2) is 6.66. The summed E-state index contributed by atoms with van der Waals surface area (Å²) in [6.07, 6.45) is 3.42. The van der Waals surface area contributed by atoms with Crippen molar-refractivity contribution in [2.75, 3.05) is 5.32 Å². The first-order chi connectivity index (χ1) is 11.5. The fraction of sp³-hybridized carbons (Fsp3) is 0.211. The van der Waals surface area contributed by atoms with Crippen LogP contribution >= 0.6 is 0 Å². The smallest absolute Gasteiger partial charge is 0.257 e. The zero-order valence-corrected chi connectivity index (χ0v) is 13.9. The summed E-state index contributed by atoms with van der Waals surface area (Å²) in [7, 11) is 0. The molecular weight excluding hydrogens is 302 g/mol. The van der Waals surface area contributed by atoms with Gasteiger partial charge in [0.1, 0.15) is 5.75 Å². The summed E-state index contributed by atoms with van der Waals surface area (Å²) in [5, 5.41) is 3.75. The Morgan fingerprint density at radius 2 is 2.00 bits per heavy atom. The van der Waals surface area contributed by atoms with Crippen molar-refractivity contribution in [3.8, 4) is 5.75 Å². The minimum absolute atomic E-state index is 0.0261. The number of carbonyl (C=O) groups excluding carboxylic acids is 1. The molecule has 0 fully saturated rings. The highest BCUT2D eigenvalue weighted by Crippen LogP contribution is 2.26. The van der Waals surface area contributed by atoms with E-state index in [-0.39, 0.29) is 12.0 Å². The average Bonchev–Trinajstić information content (AvgIpc) is 2.55. The maximum Gasteiger partial charge on any atom is 0.257 e. The summed E-state index contributed by atoms with van der Waals surface area (Å²) < 4.78 is 5.74. The molecule has 5 nitrogen and oxygen atoms in total. The van der Waals surface area contributed by atoms with Gasteiger partial charge in [-0.2, -0.15) is 0 Å². The van der Waals surface area contributed by atoms with Crippen LogP contribution in [-0.2, 0) is 0 Å². The van der Waals surface area contributed by atoms with Gasteiger partial charge in [-0.3, -0.25) is 14.8 Å². The van der Waals surface area contributed by atoms with Crippen LogP contribution in [0.1, 0.15) is 29.9 Å². The predicted octanol–water partition coefficient (Wildman–Crippen LogP) is 3.98. The molecule has 1 amide bonds. The number of para-hydroxylation sites is 2. The zero-order valence-electron chi connectivity index (χ0n) is 13.9. The molecule has 3 aromatic rings. The molecule has 0 spiro atoms. The largest absolute Gasteiger partial charge is 0.489 e. The molecule has 0 radical (unpaired) electrons. The number of rotatable bonds is 4. The van der Waals surface area contributed by atoms with E-state index in [2.05, 4.69) is 15.3 Å². The van der Waals surface area contributed by atoms with Gasteiger partial charge in [-0.25, -0.2) is 0 Å². The molecule has 0 aliphatic heterocycles. The van der Waals surface area contributed by atoms with Crippen molar-refractivity contribution < 1.29 is 9.53 Å². The van der Waals surface area contributed by atoms with Crippen molar-refractivity contribution in [1.29, 1.82) is 0 Å². The van der Waals surface area contributed by atoms with E-state index < -0.39 is 0 Å². The molecule has 122 valence electrons. The van der Waals surface area contributed by atoms with Crippen LogP contribution in [-0.4, -0.2) is 22.0 Å². The lowest BCUT2D eigenvalue weighted by molar-refractivity contribution is 0.102. The van der Waals surface area contributed by atoms with Gasteiger partial charge in [0.05, 0.1) is 28.6 Å². The number of nitrogens with zero attached hydrogens (tertiary/aromatic N) is 2. The third-order valence-corrected chi connectivity index (χ3v) is 3.55. The molecule has 0 aliphatic carbocycles. The maximum atomic E-state index is 12.7. The molecule has 0 unspecified atom stereocenters. The number of pyridine rings is 2. The van der Waals surface area contributed by atoms with E-state index >= 15 is 0 Å². The Balaban J connectivity index is 1.92. The molecule has 0 bridgehead atoms. The molecule has 24 heavy (non-hydrogen) atoms. The monoisotopic (exact) mass is 321 g/mol. The average molecular weight is 321 g/mol. The highest BCUT2D eigenvalue weighted by atomic mass is 16.5. The van der Waals surface area contributed by atoms with E-state index in [4.69, 9.17) is 4.74 Å². The molecule has 0 saturated carbocycles. The van der Waals surface area contributed by atoms with E-state index in [0.717, 1.165) is 10.9 Å². The van der Waals surface area contributed by atoms with Gasteiger partial charge in [0.25, 0.3) is 5.91 Å². The lowest BCUT2D eigenvalue weighted by Crippen LogP contribution is -2.16. The van der Waals surface area contributed by atoms with Gasteiger partial charge in [-0.15, -0.1) is 0 Å². The summed E-state index contributed by atoms with van der Waals surface area (Å²) in [6.45, 7) is 5.72. The summed E-state index contributed by atoms with van der Waals surface area (Å²) in [4.78, 5) is 21.2. The van der Waals surface area contributed by atoms with Gasteiger partial charge < -0.3 is 10.1 Å². The number of amides is 1. The number of aromatic nitrogens is 2. The minimum Gasteiger partial charge on any atom is -0.489 e. The van der Waals surface area contributed by atoms with Crippen molar-refractivity contribution >= 4 is 22.5 Å². The highest BCUT2D eigenvalue weighted by molar-refractivity contribution is 6.07. The predicted molar refractivity (Wildman–Crippen MR) is 94.4 cm³/mol. The second-order valence-electron chi connectivity index (χ2n) is 5.81. The first-order valence-electron chi connectivity index (χ1n) is 7.83. The quantitative estimate of drug-likeness (QED) is 0.789. The number of nitrogens with one attached hydrogen (secondary N) is 1. The number of hydrogen-bond acceptors (Lipinski definition) is 4. The topological polar surface area (TPSA) is 64.1 Å². The Hall–Kier alpha value is -2.95. The van der Waals surface area contributed by atoms with E-state index in [1.54, 1.807) is 12.4 Å². The Labute approximate surface area is 140 Å². The van der Waals surface area contributed by atoms with E-state index in [1.807, 2.05) is 57.2 Å². The molecule has 5 heteroatoms. The molecule has 2 aromatic heterocycles. The normalized spacial score (nSPS) is 10.8. The minimum atomic E-state index is -0.217. The fourth-order valence-electron chi connectivity index (χ4n) is 2.46. The van der Waals surface area contributed by atoms with Crippen LogP contribution in [0.3, 0.4) is 0 Å². The lowest BCUT2D eigenvalue weighted by atomic mass is 10.1. The number of carbonyl (C=O) groups is 1. The number of fused-ring (bicyclic) bond motifs is 1. The summed E-state index contributed by atoms with van der Waals surface area (Å²) in [5.74, 6) is 0.430. The number of hydrogen-bond donors (Lipinski definition) is 1. The number of benzene rings is 1. The number of ether oxygens (including phenoxy) is 1. The van der Waals surface area contributed by atoms with Gasteiger partial charge >= 0.3 is 0 Å². The molecular formula is C19H19N3O2. The third kappa shape index (κ3) is 3.35. The number of anilines is 1. The first-order valence-corrected chi connectivity index (χ1v) is 7.83. The molecule has 0 aliphatic rings. The zero-order chi connectivity index (χ0) is 17.1. The van der Waals surface area contributed by atoms with Crippen molar-refractivity contribution in [1.82, 2.24) is 9.97 Å². The van der Waals surface area contributed by atoms with Crippen LogP contribution in [0.4, 0.5) is 5.69 Å². The molecule has 0 saturated heterocycles. The van der Waals surface area contributed by atoms with Crippen LogP contribution in [0.15, 0.2) is 48.8 Å². The van der Waals surface area contributed by atoms with Gasteiger partial charge in [-0.05, 0) is 45.0 Å². The van der Waals surface area contributed by atoms with E-state index in [9.17, 15) is 4.79 Å². The molecule has 1 N–H and O–H groups in total. The van der Waals surface area contributed by atoms with Gasteiger partial charge in [0, 0.05) is 17.8 Å². The van der Waals surface area contributed by atoms with E-state index in [1.165, 1.54) is 0 Å². The highest BCUT2D eigenvalue weighted by Gasteiger charge is 2.14. The summed E-state index contributed by atoms with van der Waals surface area (Å²) in [5.41, 5.74) is 2.66. The molecule has 2 heterocycles. The van der Waals surface area contributed by atoms with Gasteiger partial charge in [0.15, 0.2) is 0 Å². The molecule has 1 aromatic carbocycles. The Kier molecular flexibility index (Phi) is 4.42. The van der Waals surface area contributed by atoms with Crippen LogP contribution < -0.4 is 10.1 Å². The molecule has 0 atom stereocenters. The van der Waals surface area contributed by atoms with Crippen LogP contribution in [0.5, 0.6) is 5.75 Å². The van der Waals surface area contributed by atoms with Gasteiger partial charge in [-0.1, -0.05) is 12.1 Å². The molecule has 3 rings (SSSR count). The second-order valence-corrected chi connectivity index (χ2v) is 5.81. The maximum absolute atomic E-state index is 12.7. The Morgan fingerprint density at radius 3 is 2.79 bits per heavy atom. The van der Waals surface area contributed by atoms with E-state index in [0.29, 0.717) is 22.7 Å². The first kappa shape index (κ1) is 15.9. The van der Waals surface area contributed by atoms with Crippen LogP contribution in [0, 0.1) is 6.92 Å². The van der Waals surface area contributed by atoms with Crippen molar-refractivity contribution in [3.05, 3.63) is 60.0 Å².